The van der Waals surface area contributed by atoms with E-state index in [1.54, 1.807) is 36.4 Å². The minimum absolute atomic E-state index is 0.105. The largest absolute Gasteiger partial charge is 0.423 e. The molecule has 0 fully saturated rings. The highest BCUT2D eigenvalue weighted by Gasteiger charge is 2.08. The van der Waals surface area contributed by atoms with Gasteiger partial charge in [-0.2, -0.15) is 5.10 Å². The van der Waals surface area contributed by atoms with Gasteiger partial charge in [-0.15, -0.1) is 0 Å². The first kappa shape index (κ1) is 16.6. The first-order valence-corrected chi connectivity index (χ1v) is 7.35. The van der Waals surface area contributed by atoms with Gasteiger partial charge in [0.25, 0.3) is 0 Å². The van der Waals surface area contributed by atoms with Crippen LogP contribution in [0, 0.1) is 6.92 Å². The third-order valence-corrected chi connectivity index (χ3v) is 3.19. The van der Waals surface area contributed by atoms with Crippen molar-refractivity contribution in [1.82, 2.24) is 5.43 Å². The predicted octanol–water partition coefficient (Wildman–Crippen LogP) is 2.77. The van der Waals surface area contributed by atoms with Crippen LogP contribution in [0.1, 0.15) is 28.4 Å². The highest BCUT2D eigenvalue weighted by atomic mass is 32.1. The van der Waals surface area contributed by atoms with Crippen LogP contribution in [0.4, 0.5) is 0 Å². The number of rotatable bonds is 4. The zero-order valence-corrected chi connectivity index (χ0v) is 13.7. The van der Waals surface area contributed by atoms with Gasteiger partial charge in [0.15, 0.2) is 5.11 Å². The van der Waals surface area contributed by atoms with Crippen molar-refractivity contribution in [2.45, 2.75) is 13.8 Å². The van der Waals surface area contributed by atoms with Crippen molar-refractivity contribution in [2.75, 3.05) is 0 Å². The number of benzene rings is 2. The van der Waals surface area contributed by atoms with Crippen molar-refractivity contribution < 1.29 is 9.53 Å². The smallest absolute Gasteiger partial charge is 0.343 e. The Morgan fingerprint density at radius 3 is 2.22 bits per heavy atom. The highest BCUT2D eigenvalue weighted by molar-refractivity contribution is 7.80. The highest BCUT2D eigenvalue weighted by Crippen LogP contribution is 2.15. The minimum Gasteiger partial charge on any atom is -0.423 e. The lowest BCUT2D eigenvalue weighted by Crippen LogP contribution is -2.25. The molecule has 0 spiro atoms. The van der Waals surface area contributed by atoms with Crippen molar-refractivity contribution in [2.24, 2.45) is 10.8 Å². The molecule has 0 atom stereocenters. The van der Waals surface area contributed by atoms with Gasteiger partial charge in [0.1, 0.15) is 5.75 Å². The summed E-state index contributed by atoms with van der Waals surface area (Å²) in [7, 11) is 0. The maximum atomic E-state index is 12.0. The second-order valence-corrected chi connectivity index (χ2v) is 5.39. The Bertz CT molecular complexity index is 737. The fourth-order valence-corrected chi connectivity index (χ4v) is 1.87. The fraction of sp³-hybridized carbons (Fsp3) is 0.118. The van der Waals surface area contributed by atoms with Crippen LogP contribution in [0.2, 0.25) is 0 Å². The molecule has 0 aliphatic carbocycles. The van der Waals surface area contributed by atoms with Gasteiger partial charge in [0.2, 0.25) is 0 Å². The Hall–Kier alpha value is -2.73. The zero-order valence-electron chi connectivity index (χ0n) is 12.9. The number of ether oxygens (including phenoxy) is 1. The summed E-state index contributed by atoms with van der Waals surface area (Å²) in [6.07, 6.45) is 0. The Balaban J connectivity index is 2.05. The molecule has 0 aromatic heterocycles. The van der Waals surface area contributed by atoms with Crippen molar-refractivity contribution in [1.29, 1.82) is 0 Å². The van der Waals surface area contributed by atoms with Gasteiger partial charge < -0.3 is 10.5 Å². The van der Waals surface area contributed by atoms with Crippen LogP contribution in [0.3, 0.4) is 0 Å². The lowest BCUT2D eigenvalue weighted by molar-refractivity contribution is 0.0735. The van der Waals surface area contributed by atoms with Crippen LogP contribution >= 0.6 is 12.2 Å². The van der Waals surface area contributed by atoms with E-state index in [9.17, 15) is 4.79 Å². The summed E-state index contributed by atoms with van der Waals surface area (Å²) >= 11 is 4.69. The molecule has 0 amide bonds. The molecular weight excluding hydrogens is 310 g/mol. The number of nitrogens with one attached hydrogen (secondary N) is 1. The van der Waals surface area contributed by atoms with Gasteiger partial charge in [0, 0.05) is 0 Å². The number of nitrogens with zero attached hydrogens (tertiary/aromatic N) is 1. The topological polar surface area (TPSA) is 76.7 Å². The molecule has 0 heterocycles. The van der Waals surface area contributed by atoms with Gasteiger partial charge in [-0.3, -0.25) is 5.43 Å². The van der Waals surface area contributed by atoms with E-state index in [1.165, 1.54) is 0 Å². The Kier molecular flexibility index (Phi) is 5.43. The SMILES string of the molecule is C/C(=N\NC(N)=S)c1ccc(OC(=O)c2ccc(C)cc2)cc1. The molecule has 0 radical (unpaired) electrons. The molecule has 118 valence electrons. The second kappa shape index (κ2) is 7.51. The Labute approximate surface area is 140 Å². The number of hydrogen-bond acceptors (Lipinski definition) is 4. The predicted molar refractivity (Wildman–Crippen MR) is 94.7 cm³/mol. The maximum absolute atomic E-state index is 12.0. The number of carbonyl (C=O) groups is 1. The number of hydrazone groups is 1. The second-order valence-electron chi connectivity index (χ2n) is 4.95. The average molecular weight is 327 g/mol. The van der Waals surface area contributed by atoms with Crippen LogP contribution < -0.4 is 15.9 Å². The normalized spacial score (nSPS) is 11.0. The number of nitrogens with two attached hydrogens (primary N) is 1. The summed E-state index contributed by atoms with van der Waals surface area (Å²) in [5.41, 5.74) is 11.0. The molecule has 0 saturated carbocycles. The molecule has 2 rings (SSSR count). The number of carbonyl (C=O) groups excluding carboxylic acids is 1. The maximum Gasteiger partial charge on any atom is 0.343 e. The average Bonchev–Trinajstić information content (AvgIpc) is 2.54. The third kappa shape index (κ3) is 4.89. The van der Waals surface area contributed by atoms with Crippen molar-refractivity contribution >= 4 is 29.0 Å². The van der Waals surface area contributed by atoms with Gasteiger partial charge in [-0.05, 0) is 68.0 Å². The van der Waals surface area contributed by atoms with Crippen molar-refractivity contribution in [3.8, 4) is 5.75 Å². The van der Waals surface area contributed by atoms with E-state index in [2.05, 4.69) is 22.7 Å². The van der Waals surface area contributed by atoms with Crippen LogP contribution in [-0.2, 0) is 0 Å². The van der Waals surface area contributed by atoms with Crippen LogP contribution in [-0.4, -0.2) is 16.8 Å². The summed E-state index contributed by atoms with van der Waals surface area (Å²) in [6, 6.07) is 14.2. The first-order valence-electron chi connectivity index (χ1n) is 6.95. The molecule has 0 bridgehead atoms. The fourth-order valence-electron chi connectivity index (χ4n) is 1.82. The standard InChI is InChI=1S/C17H17N3O2S/c1-11-3-5-14(6-4-11)16(21)22-15-9-7-13(8-10-15)12(2)19-20-17(18)23/h3-10H,1-2H3,(H3,18,20,23)/b19-12+. The molecule has 0 unspecified atom stereocenters. The molecule has 3 N–H and O–H groups in total. The summed E-state index contributed by atoms with van der Waals surface area (Å²) in [5.74, 6) is 0.0766. The lowest BCUT2D eigenvalue weighted by Gasteiger charge is -2.06. The summed E-state index contributed by atoms with van der Waals surface area (Å²) in [4.78, 5) is 12.0. The molecule has 23 heavy (non-hydrogen) atoms. The van der Waals surface area contributed by atoms with E-state index in [0.29, 0.717) is 17.0 Å². The van der Waals surface area contributed by atoms with Gasteiger partial charge in [0.05, 0.1) is 11.3 Å². The molecule has 0 aliphatic rings. The molecule has 2 aromatic rings. The van der Waals surface area contributed by atoms with Gasteiger partial charge >= 0.3 is 5.97 Å². The number of thiocarbonyl (C=S) groups is 1. The Morgan fingerprint density at radius 1 is 1.09 bits per heavy atom. The van der Waals surface area contributed by atoms with Crippen molar-refractivity contribution in [3.05, 3.63) is 65.2 Å². The summed E-state index contributed by atoms with van der Waals surface area (Å²) in [5, 5.41) is 4.14. The lowest BCUT2D eigenvalue weighted by atomic mass is 10.1. The summed E-state index contributed by atoms with van der Waals surface area (Å²) in [6.45, 7) is 3.78. The van der Waals surface area contributed by atoms with E-state index in [-0.39, 0.29) is 5.11 Å². The third-order valence-electron chi connectivity index (χ3n) is 3.10. The minimum atomic E-state index is -0.390. The Morgan fingerprint density at radius 2 is 1.65 bits per heavy atom. The number of hydrogen-bond donors (Lipinski definition) is 2. The quantitative estimate of drug-likeness (QED) is 0.297. The van der Waals surface area contributed by atoms with Crippen LogP contribution in [0.25, 0.3) is 0 Å². The molecule has 0 saturated heterocycles. The zero-order chi connectivity index (χ0) is 16.8. The van der Waals surface area contributed by atoms with Gasteiger partial charge in [-0.1, -0.05) is 17.7 Å². The van der Waals surface area contributed by atoms with Crippen molar-refractivity contribution in [3.63, 3.8) is 0 Å². The molecule has 6 heteroatoms. The van der Waals surface area contributed by atoms with E-state index in [1.807, 2.05) is 26.0 Å². The first-order chi connectivity index (χ1) is 11.0. The summed E-state index contributed by atoms with van der Waals surface area (Å²) < 4.78 is 5.34. The number of aryl methyl sites for hydroxylation is 1. The van der Waals surface area contributed by atoms with E-state index in [4.69, 9.17) is 10.5 Å². The molecule has 5 nitrogen and oxygen atoms in total. The van der Waals surface area contributed by atoms with E-state index >= 15 is 0 Å². The van der Waals surface area contributed by atoms with Crippen LogP contribution in [0.5, 0.6) is 5.75 Å². The molecular formula is C17H17N3O2S. The van der Waals surface area contributed by atoms with Crippen LogP contribution in [0.15, 0.2) is 53.6 Å². The number of esters is 1. The van der Waals surface area contributed by atoms with Gasteiger partial charge in [-0.25, -0.2) is 4.79 Å². The molecule has 0 aliphatic heterocycles. The van der Waals surface area contributed by atoms with E-state index in [0.717, 1.165) is 11.1 Å². The molecule has 2 aromatic carbocycles. The monoisotopic (exact) mass is 327 g/mol. The van der Waals surface area contributed by atoms with E-state index < -0.39 is 5.97 Å².